The van der Waals surface area contributed by atoms with Crippen molar-refractivity contribution in [1.29, 1.82) is 0 Å². The number of imidazole rings is 1. The van der Waals surface area contributed by atoms with Crippen molar-refractivity contribution in [3.8, 4) is 5.75 Å². The molecule has 0 fully saturated rings. The molecular weight excluding hydrogens is 350 g/mol. The third kappa shape index (κ3) is 4.42. The number of fused-ring (bicyclic) bond motifs is 1. The van der Waals surface area contributed by atoms with Gasteiger partial charge in [0.15, 0.2) is 5.78 Å². The number of aromatic nitrogens is 2. The van der Waals surface area contributed by atoms with Gasteiger partial charge in [0.05, 0.1) is 18.1 Å². The van der Waals surface area contributed by atoms with E-state index in [0.717, 1.165) is 55.2 Å². The highest BCUT2D eigenvalue weighted by atomic mass is 16.5. The van der Waals surface area contributed by atoms with E-state index in [-0.39, 0.29) is 5.78 Å². The lowest BCUT2D eigenvalue weighted by molar-refractivity contribution is 0.101. The number of hydrogen-bond donors (Lipinski definition) is 0. The minimum Gasteiger partial charge on any atom is -0.497 e. The summed E-state index contributed by atoms with van der Waals surface area (Å²) in [6, 6.07) is 13.9. The topological polar surface area (TPSA) is 47.4 Å². The molecule has 0 aliphatic rings. The van der Waals surface area contributed by atoms with E-state index in [4.69, 9.17) is 9.72 Å². The largest absolute Gasteiger partial charge is 0.497 e. The van der Waals surface area contributed by atoms with Crippen molar-refractivity contribution < 1.29 is 9.53 Å². The van der Waals surface area contributed by atoms with Crippen LogP contribution in [-0.2, 0) is 13.0 Å². The minimum absolute atomic E-state index is 0.0660. The van der Waals surface area contributed by atoms with Crippen molar-refractivity contribution in [3.63, 3.8) is 0 Å². The molecule has 0 unspecified atom stereocenters. The summed E-state index contributed by atoms with van der Waals surface area (Å²) in [6.45, 7) is 9.89. The Morgan fingerprint density at radius 1 is 1.11 bits per heavy atom. The van der Waals surface area contributed by atoms with E-state index in [1.807, 2.05) is 30.3 Å². The summed E-state index contributed by atoms with van der Waals surface area (Å²) in [6.07, 6.45) is 0.742. The molecule has 5 heteroatoms. The number of methoxy groups -OCH3 is 1. The number of rotatable bonds is 9. The summed E-state index contributed by atoms with van der Waals surface area (Å²) < 4.78 is 7.55. The van der Waals surface area contributed by atoms with Crippen molar-refractivity contribution in [2.75, 3.05) is 26.7 Å². The molecule has 148 valence electrons. The van der Waals surface area contributed by atoms with Crippen molar-refractivity contribution in [2.45, 2.75) is 33.7 Å². The number of hydrogen-bond acceptors (Lipinski definition) is 4. The molecule has 3 aromatic rings. The summed E-state index contributed by atoms with van der Waals surface area (Å²) in [5.41, 5.74) is 3.86. The van der Waals surface area contributed by atoms with E-state index in [2.05, 4.69) is 35.4 Å². The summed E-state index contributed by atoms with van der Waals surface area (Å²) in [5.74, 6) is 1.94. The van der Waals surface area contributed by atoms with Gasteiger partial charge in [-0.25, -0.2) is 4.98 Å². The van der Waals surface area contributed by atoms with Crippen LogP contribution in [0.15, 0.2) is 42.5 Å². The Kier molecular flexibility index (Phi) is 6.47. The zero-order valence-corrected chi connectivity index (χ0v) is 17.2. The van der Waals surface area contributed by atoms with Gasteiger partial charge in [-0.3, -0.25) is 4.79 Å². The van der Waals surface area contributed by atoms with Gasteiger partial charge in [0.1, 0.15) is 11.6 Å². The quantitative estimate of drug-likeness (QED) is 0.523. The Balaban J connectivity index is 1.97. The third-order valence-corrected chi connectivity index (χ3v) is 5.29. The molecule has 28 heavy (non-hydrogen) atoms. The molecule has 0 N–H and O–H groups in total. The van der Waals surface area contributed by atoms with E-state index < -0.39 is 0 Å². The Morgan fingerprint density at radius 3 is 2.43 bits per heavy atom. The van der Waals surface area contributed by atoms with Crippen LogP contribution in [0, 0.1) is 0 Å². The number of Topliss-reactive ketones (excluding diaryl/α,β-unsaturated/α-hetero) is 1. The van der Waals surface area contributed by atoms with Crippen LogP contribution in [0.3, 0.4) is 0 Å². The second kappa shape index (κ2) is 9.02. The maximum Gasteiger partial charge on any atom is 0.159 e. The molecule has 3 rings (SSSR count). The van der Waals surface area contributed by atoms with Crippen molar-refractivity contribution >= 4 is 16.8 Å². The molecule has 0 spiro atoms. The average molecular weight is 380 g/mol. The highest BCUT2D eigenvalue weighted by molar-refractivity contribution is 5.97. The number of likely N-dealkylation sites (N-methyl/N-ethyl adjacent to an activating group) is 1. The molecule has 0 saturated carbocycles. The summed E-state index contributed by atoms with van der Waals surface area (Å²) in [4.78, 5) is 19.1. The number of carbonyl (C=O) groups is 1. The lowest BCUT2D eigenvalue weighted by Crippen LogP contribution is -2.27. The second-order valence-electron chi connectivity index (χ2n) is 6.99. The first-order valence-corrected chi connectivity index (χ1v) is 9.91. The smallest absolute Gasteiger partial charge is 0.159 e. The highest BCUT2D eigenvalue weighted by Crippen LogP contribution is 2.22. The number of carbonyl (C=O) groups excluding carboxylic acids is 1. The Labute approximate surface area is 166 Å². The molecule has 0 aliphatic heterocycles. The predicted molar refractivity (Wildman–Crippen MR) is 113 cm³/mol. The Morgan fingerprint density at radius 2 is 1.82 bits per heavy atom. The molecule has 0 aliphatic carbocycles. The number of benzene rings is 2. The van der Waals surface area contributed by atoms with Gasteiger partial charge in [-0.1, -0.05) is 26.0 Å². The summed E-state index contributed by atoms with van der Waals surface area (Å²) >= 11 is 0. The molecule has 0 saturated heterocycles. The SMILES string of the molecule is CCN(CC)CCn1c(Cc2ccc(OC)cc2)nc2cc(C(C)=O)ccc21. The molecule has 1 heterocycles. The lowest BCUT2D eigenvalue weighted by atomic mass is 10.1. The van der Waals surface area contributed by atoms with E-state index in [0.29, 0.717) is 5.56 Å². The van der Waals surface area contributed by atoms with Crippen LogP contribution in [-0.4, -0.2) is 47.0 Å². The second-order valence-corrected chi connectivity index (χ2v) is 6.99. The minimum atomic E-state index is 0.0660. The van der Waals surface area contributed by atoms with Crippen LogP contribution >= 0.6 is 0 Å². The van der Waals surface area contributed by atoms with Gasteiger partial charge in [0.2, 0.25) is 0 Å². The Hall–Kier alpha value is -2.66. The number of ketones is 1. The molecule has 5 nitrogen and oxygen atoms in total. The van der Waals surface area contributed by atoms with Crippen molar-refractivity contribution in [2.24, 2.45) is 0 Å². The van der Waals surface area contributed by atoms with Gasteiger partial charge in [0.25, 0.3) is 0 Å². The van der Waals surface area contributed by atoms with E-state index in [1.54, 1.807) is 14.0 Å². The highest BCUT2D eigenvalue weighted by Gasteiger charge is 2.14. The standard InChI is InChI=1S/C23H29N3O2/c1-5-25(6-2)13-14-26-22-12-9-19(17(3)27)16-21(22)24-23(26)15-18-7-10-20(28-4)11-8-18/h7-12,16H,5-6,13-15H2,1-4H3. The zero-order valence-electron chi connectivity index (χ0n) is 17.2. The molecular formula is C23H29N3O2. The van der Waals surface area contributed by atoms with E-state index in [1.165, 1.54) is 5.56 Å². The maximum absolute atomic E-state index is 11.8. The van der Waals surface area contributed by atoms with Crippen LogP contribution < -0.4 is 4.74 Å². The number of ether oxygens (including phenoxy) is 1. The molecule has 0 bridgehead atoms. The normalized spacial score (nSPS) is 11.3. The maximum atomic E-state index is 11.8. The third-order valence-electron chi connectivity index (χ3n) is 5.29. The Bertz CT molecular complexity index is 940. The fourth-order valence-electron chi connectivity index (χ4n) is 3.49. The monoisotopic (exact) mass is 379 g/mol. The summed E-state index contributed by atoms with van der Waals surface area (Å²) in [5, 5.41) is 0. The van der Waals surface area contributed by atoms with Crippen LogP contribution in [0.1, 0.15) is 42.5 Å². The first-order chi connectivity index (χ1) is 13.5. The van der Waals surface area contributed by atoms with Gasteiger partial charge >= 0.3 is 0 Å². The zero-order chi connectivity index (χ0) is 20.1. The van der Waals surface area contributed by atoms with E-state index >= 15 is 0 Å². The molecule has 0 atom stereocenters. The molecule has 1 aromatic heterocycles. The van der Waals surface area contributed by atoms with E-state index in [9.17, 15) is 4.79 Å². The van der Waals surface area contributed by atoms with Gasteiger partial charge in [0, 0.05) is 25.1 Å². The van der Waals surface area contributed by atoms with Crippen LogP contribution in [0.2, 0.25) is 0 Å². The fraction of sp³-hybridized carbons (Fsp3) is 0.391. The molecule has 0 amide bonds. The fourth-order valence-corrected chi connectivity index (χ4v) is 3.49. The van der Waals surface area contributed by atoms with Crippen LogP contribution in [0.4, 0.5) is 0 Å². The molecule has 0 radical (unpaired) electrons. The van der Waals surface area contributed by atoms with Gasteiger partial charge in [-0.05, 0) is 55.9 Å². The van der Waals surface area contributed by atoms with Gasteiger partial charge in [-0.15, -0.1) is 0 Å². The van der Waals surface area contributed by atoms with Crippen LogP contribution in [0.5, 0.6) is 5.75 Å². The predicted octanol–water partition coefficient (Wildman–Crippen LogP) is 4.18. The average Bonchev–Trinajstić information content (AvgIpc) is 3.05. The van der Waals surface area contributed by atoms with Gasteiger partial charge < -0.3 is 14.2 Å². The molecule has 2 aromatic carbocycles. The summed E-state index contributed by atoms with van der Waals surface area (Å²) in [7, 11) is 1.67. The van der Waals surface area contributed by atoms with Crippen LogP contribution in [0.25, 0.3) is 11.0 Å². The van der Waals surface area contributed by atoms with Crippen molar-refractivity contribution in [3.05, 3.63) is 59.4 Å². The van der Waals surface area contributed by atoms with Gasteiger partial charge in [-0.2, -0.15) is 0 Å². The number of nitrogens with zero attached hydrogens (tertiary/aromatic N) is 3. The lowest BCUT2D eigenvalue weighted by Gasteiger charge is -2.19. The first-order valence-electron chi connectivity index (χ1n) is 9.91. The first kappa shape index (κ1) is 20.1. The van der Waals surface area contributed by atoms with Crippen molar-refractivity contribution in [1.82, 2.24) is 14.5 Å².